The van der Waals surface area contributed by atoms with Crippen LogP contribution in [0.15, 0.2) is 61.1 Å². The molecule has 3 aliphatic carbocycles. The highest BCUT2D eigenvalue weighted by atomic mass is 35.5. The molecule has 5 fully saturated rings. The highest BCUT2D eigenvalue weighted by Crippen LogP contribution is 2.65. The number of nitrogens with one attached hydrogen (secondary N) is 1. The van der Waals surface area contributed by atoms with Crippen molar-refractivity contribution in [2.75, 3.05) is 45.9 Å². The zero-order chi connectivity index (χ0) is 36.4. The van der Waals surface area contributed by atoms with Crippen LogP contribution in [-0.2, 0) is 31.2 Å². The third-order valence-corrected chi connectivity index (χ3v) is 9.87. The number of halogens is 5. The second-order valence-corrected chi connectivity index (χ2v) is 14.0. The van der Waals surface area contributed by atoms with E-state index < -0.39 is 18.5 Å². The lowest BCUT2D eigenvalue weighted by atomic mass is 9.44. The van der Waals surface area contributed by atoms with E-state index in [0.29, 0.717) is 32.8 Å². The van der Waals surface area contributed by atoms with Crippen molar-refractivity contribution < 1.29 is 46.2 Å². The maximum Gasteiger partial charge on any atom is 0.410 e. The Morgan fingerprint density at radius 2 is 1.73 bits per heavy atom. The van der Waals surface area contributed by atoms with Gasteiger partial charge in [0, 0.05) is 49.9 Å². The summed E-state index contributed by atoms with van der Waals surface area (Å²) in [5, 5.41) is 2.98. The molecule has 2 bridgehead atoms. The molecule has 274 valence electrons. The third-order valence-electron chi connectivity index (χ3n) is 9.56. The summed E-state index contributed by atoms with van der Waals surface area (Å²) in [5.74, 6) is -1.08. The van der Waals surface area contributed by atoms with Crippen molar-refractivity contribution in [3.05, 3.63) is 83.2 Å². The van der Waals surface area contributed by atoms with Gasteiger partial charge in [-0.1, -0.05) is 41.9 Å². The number of amides is 2. The standard InChI is InChI=1S/C21H21ClF4N4O2.C14H17NO4/c22-15-2-1-14(3-16(15)23)32-7-18(31)28-19-8-20(9-19,10-19)30-6-17(27-12-30)13-4-29(5-13)11-21(24,25)26;1-2-18-13(16)12-8-15(9-12)14(17)19-10-11-6-4-3-5-7-11/h1-3,6,12-13H,4-5,7-11H2,(H,28,31);3-7,12H,2,8-10H2,1H3. The Morgan fingerprint density at radius 3 is 2.37 bits per heavy atom. The van der Waals surface area contributed by atoms with Gasteiger partial charge in [-0.05, 0) is 43.9 Å². The molecule has 3 heterocycles. The number of hydrogen-bond donors (Lipinski definition) is 1. The van der Waals surface area contributed by atoms with Crippen LogP contribution < -0.4 is 10.1 Å². The van der Waals surface area contributed by atoms with E-state index in [0.717, 1.165) is 36.6 Å². The number of rotatable bonds is 11. The molecule has 2 aliphatic heterocycles. The number of aromatic nitrogens is 2. The molecular formula is C35H38ClF4N5O6. The third kappa shape index (κ3) is 8.58. The minimum absolute atomic E-state index is 0.0143. The summed E-state index contributed by atoms with van der Waals surface area (Å²) in [6.45, 7) is 2.77. The summed E-state index contributed by atoms with van der Waals surface area (Å²) >= 11 is 5.63. The number of imidazole rings is 1. The Bertz CT molecular complexity index is 1710. The second-order valence-electron chi connectivity index (χ2n) is 13.6. The first kappa shape index (κ1) is 36.4. The first-order chi connectivity index (χ1) is 24.3. The average molecular weight is 736 g/mol. The van der Waals surface area contributed by atoms with Crippen LogP contribution in [0.2, 0.25) is 5.02 Å². The fraction of sp³-hybridized carbons (Fsp3) is 0.486. The quantitative estimate of drug-likeness (QED) is 0.209. The van der Waals surface area contributed by atoms with Gasteiger partial charge >= 0.3 is 18.2 Å². The minimum atomic E-state index is -4.18. The fourth-order valence-corrected chi connectivity index (χ4v) is 7.10. The lowest BCUT2D eigenvalue weighted by molar-refractivity contribution is -0.157. The summed E-state index contributed by atoms with van der Waals surface area (Å²) in [4.78, 5) is 42.6. The molecule has 0 spiro atoms. The molecule has 0 unspecified atom stereocenters. The number of carbonyl (C=O) groups excluding carboxylic acids is 3. The Hall–Kier alpha value is -4.37. The van der Waals surface area contributed by atoms with Crippen LogP contribution >= 0.6 is 11.6 Å². The largest absolute Gasteiger partial charge is 0.484 e. The minimum Gasteiger partial charge on any atom is -0.484 e. The van der Waals surface area contributed by atoms with Crippen molar-refractivity contribution in [2.24, 2.45) is 5.92 Å². The molecule has 16 heteroatoms. The first-order valence-electron chi connectivity index (χ1n) is 16.6. The predicted octanol–water partition coefficient (Wildman–Crippen LogP) is 5.28. The van der Waals surface area contributed by atoms with Crippen LogP contribution in [0, 0.1) is 11.7 Å². The van der Waals surface area contributed by atoms with Crippen LogP contribution in [-0.4, -0.2) is 95.0 Å². The first-order valence-corrected chi connectivity index (χ1v) is 17.0. The molecule has 1 N–H and O–H groups in total. The van der Waals surface area contributed by atoms with Crippen LogP contribution in [0.3, 0.4) is 0 Å². The summed E-state index contributed by atoms with van der Waals surface area (Å²) < 4.78 is 68.2. The number of hydrogen-bond acceptors (Lipinski definition) is 8. The summed E-state index contributed by atoms with van der Waals surface area (Å²) in [5.41, 5.74) is 1.40. The van der Waals surface area contributed by atoms with Gasteiger partial charge in [-0.3, -0.25) is 14.5 Å². The van der Waals surface area contributed by atoms with Gasteiger partial charge in [0.15, 0.2) is 6.61 Å². The SMILES string of the molecule is CCOC(=O)C1CN(C(=O)OCc2ccccc2)C1.O=C(COc1ccc(Cl)c(F)c1)NC12CC(n3cnc(C4CN(CC(F)(F)F)C4)c3)(C1)C2. The molecule has 0 atom stereocenters. The Kier molecular flexibility index (Phi) is 10.5. The molecule has 51 heavy (non-hydrogen) atoms. The summed E-state index contributed by atoms with van der Waals surface area (Å²) in [6.07, 6.45) is 1.41. The molecule has 11 nitrogen and oxygen atoms in total. The number of ether oxygens (including phenoxy) is 3. The van der Waals surface area contributed by atoms with Crippen molar-refractivity contribution >= 4 is 29.6 Å². The molecule has 1 aromatic heterocycles. The molecule has 0 radical (unpaired) electrons. The lowest BCUT2D eigenvalue weighted by Crippen LogP contribution is -2.78. The number of esters is 1. The molecule has 8 rings (SSSR count). The van der Waals surface area contributed by atoms with E-state index >= 15 is 0 Å². The number of carbonyl (C=O) groups is 3. The van der Waals surface area contributed by atoms with E-state index in [-0.39, 0.29) is 64.9 Å². The van der Waals surface area contributed by atoms with Crippen LogP contribution in [0.1, 0.15) is 43.4 Å². The van der Waals surface area contributed by atoms with Crippen molar-refractivity contribution in [3.8, 4) is 5.75 Å². The van der Waals surface area contributed by atoms with Crippen LogP contribution in [0.5, 0.6) is 5.75 Å². The summed E-state index contributed by atoms with van der Waals surface area (Å²) in [7, 11) is 0. The van der Waals surface area contributed by atoms with E-state index in [1.807, 2.05) is 41.1 Å². The zero-order valence-corrected chi connectivity index (χ0v) is 28.6. The molecular weight excluding hydrogens is 698 g/mol. The maximum atomic E-state index is 13.4. The van der Waals surface area contributed by atoms with E-state index in [1.165, 1.54) is 21.9 Å². The average Bonchev–Trinajstić information content (AvgIpc) is 3.48. The normalized spacial score (nSPS) is 22.6. The summed E-state index contributed by atoms with van der Waals surface area (Å²) in [6, 6.07) is 13.5. The molecule has 2 saturated heterocycles. The molecule has 2 aromatic carbocycles. The van der Waals surface area contributed by atoms with Gasteiger partial charge < -0.3 is 29.0 Å². The molecule has 2 amide bonds. The van der Waals surface area contributed by atoms with Gasteiger partial charge in [0.25, 0.3) is 5.91 Å². The van der Waals surface area contributed by atoms with E-state index in [4.69, 9.17) is 25.8 Å². The number of likely N-dealkylation sites (tertiary alicyclic amines) is 2. The Morgan fingerprint density at radius 1 is 1.02 bits per heavy atom. The van der Waals surface area contributed by atoms with E-state index in [1.54, 1.807) is 13.3 Å². The lowest BCUT2D eigenvalue weighted by Gasteiger charge is -2.70. The van der Waals surface area contributed by atoms with Crippen molar-refractivity contribution in [1.29, 1.82) is 0 Å². The maximum absolute atomic E-state index is 13.4. The number of nitrogens with zero attached hydrogens (tertiary/aromatic N) is 4. The number of alkyl halides is 3. The van der Waals surface area contributed by atoms with Crippen LogP contribution in [0.25, 0.3) is 0 Å². The zero-order valence-electron chi connectivity index (χ0n) is 27.8. The van der Waals surface area contributed by atoms with Crippen molar-refractivity contribution in [2.45, 2.75) is 56.0 Å². The smallest absolute Gasteiger partial charge is 0.410 e. The van der Waals surface area contributed by atoms with Gasteiger partial charge in [-0.15, -0.1) is 0 Å². The van der Waals surface area contributed by atoms with Gasteiger partial charge in [-0.2, -0.15) is 13.2 Å². The van der Waals surface area contributed by atoms with Gasteiger partial charge in [-0.25, -0.2) is 14.2 Å². The topological polar surface area (TPSA) is 115 Å². The Labute approximate surface area is 296 Å². The fourth-order valence-electron chi connectivity index (χ4n) is 6.98. The molecule has 5 aliphatic rings. The van der Waals surface area contributed by atoms with Gasteiger partial charge in [0.2, 0.25) is 0 Å². The molecule has 3 aromatic rings. The Balaban J connectivity index is 0.000000202. The highest BCUT2D eigenvalue weighted by Gasteiger charge is 2.69. The van der Waals surface area contributed by atoms with Crippen molar-refractivity contribution in [1.82, 2.24) is 24.7 Å². The number of benzene rings is 2. The monoisotopic (exact) mass is 735 g/mol. The van der Waals surface area contributed by atoms with Crippen molar-refractivity contribution in [3.63, 3.8) is 0 Å². The van der Waals surface area contributed by atoms with E-state index in [9.17, 15) is 31.9 Å². The highest BCUT2D eigenvalue weighted by molar-refractivity contribution is 6.30. The molecule has 3 saturated carbocycles. The predicted molar refractivity (Wildman–Crippen MR) is 175 cm³/mol. The van der Waals surface area contributed by atoms with Gasteiger partial charge in [0.1, 0.15) is 18.2 Å². The van der Waals surface area contributed by atoms with Crippen LogP contribution in [0.4, 0.5) is 22.4 Å². The van der Waals surface area contributed by atoms with Gasteiger partial charge in [0.05, 0.1) is 41.7 Å². The van der Waals surface area contributed by atoms with E-state index in [2.05, 4.69) is 10.3 Å². The second kappa shape index (κ2) is 14.7.